The van der Waals surface area contributed by atoms with Gasteiger partial charge in [0.05, 0.1) is 20.8 Å². The van der Waals surface area contributed by atoms with E-state index < -0.39 is 0 Å². The zero-order valence-corrected chi connectivity index (χ0v) is 16.4. The number of esters is 1. The van der Waals surface area contributed by atoms with Crippen LogP contribution in [-0.4, -0.2) is 44.8 Å². The van der Waals surface area contributed by atoms with Crippen LogP contribution >= 0.6 is 0 Å². The van der Waals surface area contributed by atoms with Crippen LogP contribution in [0.25, 0.3) is 0 Å². The molecule has 3 rings (SSSR count). The van der Waals surface area contributed by atoms with Crippen molar-refractivity contribution in [3.63, 3.8) is 0 Å². The van der Waals surface area contributed by atoms with Gasteiger partial charge in [0, 0.05) is 25.6 Å². The first kappa shape index (κ1) is 19.0. The average Bonchev–Trinajstić information content (AvgIpc) is 2.66. The third kappa shape index (κ3) is 3.68. The number of hydrogen-bond donors (Lipinski definition) is 0. The maximum Gasteiger partial charge on any atom is 0.306 e. The molecule has 1 saturated heterocycles. The van der Waals surface area contributed by atoms with Crippen molar-refractivity contribution in [2.75, 3.05) is 33.9 Å². The smallest absolute Gasteiger partial charge is 0.306 e. The zero-order valence-electron chi connectivity index (χ0n) is 16.4. The molecule has 2 aliphatic heterocycles. The molecule has 5 nitrogen and oxygen atoms in total. The van der Waals surface area contributed by atoms with E-state index in [1.54, 1.807) is 14.2 Å². The van der Waals surface area contributed by atoms with Gasteiger partial charge in [-0.1, -0.05) is 13.3 Å². The maximum absolute atomic E-state index is 12.1. The summed E-state index contributed by atoms with van der Waals surface area (Å²) < 4.78 is 16.2. The van der Waals surface area contributed by atoms with Crippen LogP contribution < -0.4 is 9.47 Å². The Bertz CT molecular complexity index is 645. The first-order valence-corrected chi connectivity index (χ1v) is 9.75. The van der Waals surface area contributed by atoms with Gasteiger partial charge in [-0.05, 0) is 54.9 Å². The van der Waals surface area contributed by atoms with E-state index in [1.165, 1.54) is 11.1 Å². The van der Waals surface area contributed by atoms with Crippen LogP contribution in [0, 0.1) is 11.8 Å². The van der Waals surface area contributed by atoms with Crippen LogP contribution in [-0.2, 0) is 16.0 Å². The summed E-state index contributed by atoms with van der Waals surface area (Å²) in [5.74, 6) is 2.45. The minimum Gasteiger partial charge on any atom is -0.493 e. The van der Waals surface area contributed by atoms with Crippen molar-refractivity contribution in [1.29, 1.82) is 0 Å². The number of carbonyl (C=O) groups is 1. The predicted octanol–water partition coefficient (Wildman–Crippen LogP) is 3.60. The molecule has 0 amide bonds. The Labute approximate surface area is 156 Å². The van der Waals surface area contributed by atoms with Crippen LogP contribution in [0.15, 0.2) is 12.1 Å². The average molecular weight is 361 g/mol. The second-order valence-electron chi connectivity index (χ2n) is 7.34. The van der Waals surface area contributed by atoms with Gasteiger partial charge in [0.2, 0.25) is 0 Å². The van der Waals surface area contributed by atoms with Crippen LogP contribution in [0.1, 0.15) is 50.3 Å². The third-order valence-corrected chi connectivity index (χ3v) is 6.03. The van der Waals surface area contributed by atoms with Gasteiger partial charge in [-0.15, -0.1) is 0 Å². The molecule has 0 radical (unpaired) electrons. The highest BCUT2D eigenvalue weighted by atomic mass is 16.5. The van der Waals surface area contributed by atoms with Crippen molar-refractivity contribution in [1.82, 2.24) is 4.90 Å². The van der Waals surface area contributed by atoms with Gasteiger partial charge in [0.1, 0.15) is 0 Å². The van der Waals surface area contributed by atoms with E-state index in [-0.39, 0.29) is 5.97 Å². The van der Waals surface area contributed by atoms with Gasteiger partial charge in [-0.3, -0.25) is 9.69 Å². The van der Waals surface area contributed by atoms with E-state index in [1.807, 2.05) is 6.92 Å². The summed E-state index contributed by atoms with van der Waals surface area (Å²) in [5, 5.41) is 0. The molecule has 26 heavy (non-hydrogen) atoms. The van der Waals surface area contributed by atoms with Crippen molar-refractivity contribution >= 4 is 5.97 Å². The second-order valence-corrected chi connectivity index (χ2v) is 7.34. The fourth-order valence-corrected chi connectivity index (χ4v) is 4.65. The Hall–Kier alpha value is -1.75. The van der Waals surface area contributed by atoms with Crippen molar-refractivity contribution in [3.05, 3.63) is 23.3 Å². The summed E-state index contributed by atoms with van der Waals surface area (Å²) >= 11 is 0. The molecular weight excluding hydrogens is 330 g/mol. The first-order valence-electron chi connectivity index (χ1n) is 9.75. The van der Waals surface area contributed by atoms with E-state index in [4.69, 9.17) is 14.2 Å². The molecule has 5 heteroatoms. The molecule has 0 saturated carbocycles. The number of fused-ring (bicyclic) bond motifs is 3. The number of piperidine rings is 1. The van der Waals surface area contributed by atoms with Crippen LogP contribution in [0.4, 0.5) is 0 Å². The van der Waals surface area contributed by atoms with Crippen LogP contribution in [0.2, 0.25) is 0 Å². The highest BCUT2D eigenvalue weighted by Crippen LogP contribution is 2.45. The summed E-state index contributed by atoms with van der Waals surface area (Å²) in [4.78, 5) is 14.7. The van der Waals surface area contributed by atoms with E-state index in [2.05, 4.69) is 24.0 Å². The second kappa shape index (κ2) is 8.30. The lowest BCUT2D eigenvalue weighted by Gasteiger charge is -2.47. The highest BCUT2D eigenvalue weighted by molar-refractivity contribution is 5.69. The largest absolute Gasteiger partial charge is 0.493 e. The van der Waals surface area contributed by atoms with E-state index >= 15 is 0 Å². The summed E-state index contributed by atoms with van der Waals surface area (Å²) in [7, 11) is 3.36. The van der Waals surface area contributed by atoms with Crippen molar-refractivity contribution in [2.24, 2.45) is 11.8 Å². The molecule has 3 atom stereocenters. The molecule has 1 aromatic rings. The lowest BCUT2D eigenvalue weighted by atomic mass is 9.74. The number of ether oxygens (including phenoxy) is 3. The van der Waals surface area contributed by atoms with Gasteiger partial charge in [-0.25, -0.2) is 0 Å². The minimum absolute atomic E-state index is 0.0623. The number of nitrogens with zero attached hydrogens (tertiary/aromatic N) is 1. The molecule has 1 aromatic carbocycles. The lowest BCUT2D eigenvalue weighted by Crippen LogP contribution is -2.46. The minimum atomic E-state index is -0.0623. The molecule has 2 heterocycles. The standard InChI is InChI=1S/C21H31NO4/c1-5-14-13-22-8-7-15-10-19(24-3)20(25-4)12-17(15)18(22)9-16(14)11-21(23)26-6-2/h10,12,14,16,18H,5-9,11,13H2,1-4H3/t14-,16-,18+/m1/s1. The Kier molecular flexibility index (Phi) is 6.07. The first-order chi connectivity index (χ1) is 12.6. The SMILES string of the molecule is CCOC(=O)C[C@H]1C[C@H]2c3cc(OC)c(OC)cc3CCN2C[C@H]1CC. The number of benzene rings is 1. The van der Waals surface area contributed by atoms with Crippen molar-refractivity contribution in [2.45, 2.75) is 45.6 Å². The summed E-state index contributed by atoms with van der Waals surface area (Å²) in [5.41, 5.74) is 2.67. The maximum atomic E-state index is 12.1. The molecule has 0 aromatic heterocycles. The summed E-state index contributed by atoms with van der Waals surface area (Å²) in [6, 6.07) is 4.61. The summed E-state index contributed by atoms with van der Waals surface area (Å²) in [6.07, 6.45) is 3.66. The predicted molar refractivity (Wildman–Crippen MR) is 101 cm³/mol. The molecule has 144 valence electrons. The number of rotatable bonds is 6. The molecule has 0 aliphatic carbocycles. The molecule has 0 spiro atoms. The van der Waals surface area contributed by atoms with Crippen molar-refractivity contribution in [3.8, 4) is 11.5 Å². The molecule has 2 aliphatic rings. The Morgan fingerprint density at radius 1 is 1.15 bits per heavy atom. The molecule has 1 fully saturated rings. The quantitative estimate of drug-likeness (QED) is 0.725. The van der Waals surface area contributed by atoms with Crippen LogP contribution in [0.5, 0.6) is 11.5 Å². The summed E-state index contributed by atoms with van der Waals surface area (Å²) in [6.45, 7) is 6.68. The number of methoxy groups -OCH3 is 2. The monoisotopic (exact) mass is 361 g/mol. The normalized spacial score (nSPS) is 25.2. The number of carbonyl (C=O) groups excluding carboxylic acids is 1. The van der Waals surface area contributed by atoms with Crippen LogP contribution in [0.3, 0.4) is 0 Å². The van der Waals surface area contributed by atoms with Crippen molar-refractivity contribution < 1.29 is 19.0 Å². The molecule has 0 bridgehead atoms. The third-order valence-electron chi connectivity index (χ3n) is 6.03. The Morgan fingerprint density at radius 2 is 1.88 bits per heavy atom. The highest BCUT2D eigenvalue weighted by Gasteiger charge is 2.39. The number of hydrogen-bond acceptors (Lipinski definition) is 5. The van der Waals surface area contributed by atoms with Gasteiger partial charge >= 0.3 is 5.97 Å². The van der Waals surface area contributed by atoms with E-state index in [9.17, 15) is 4.79 Å². The Morgan fingerprint density at radius 3 is 2.54 bits per heavy atom. The van der Waals surface area contributed by atoms with E-state index in [0.29, 0.717) is 30.9 Å². The topological polar surface area (TPSA) is 48.0 Å². The Balaban J connectivity index is 1.87. The van der Waals surface area contributed by atoms with Gasteiger partial charge in [0.15, 0.2) is 11.5 Å². The van der Waals surface area contributed by atoms with Gasteiger partial charge in [-0.2, -0.15) is 0 Å². The van der Waals surface area contributed by atoms with Gasteiger partial charge in [0.25, 0.3) is 0 Å². The zero-order chi connectivity index (χ0) is 18.7. The fraction of sp³-hybridized carbons (Fsp3) is 0.667. The van der Waals surface area contributed by atoms with Gasteiger partial charge < -0.3 is 14.2 Å². The molecule has 0 N–H and O–H groups in total. The van der Waals surface area contributed by atoms with E-state index in [0.717, 1.165) is 43.9 Å². The molecule has 0 unspecified atom stereocenters. The fourth-order valence-electron chi connectivity index (χ4n) is 4.65. The molecular formula is C21H31NO4. The lowest BCUT2D eigenvalue weighted by molar-refractivity contribution is -0.145.